The summed E-state index contributed by atoms with van der Waals surface area (Å²) in [5, 5.41) is 20.8. The van der Waals surface area contributed by atoms with Crippen molar-refractivity contribution in [2.24, 2.45) is 0 Å². The molecule has 1 aromatic rings. The van der Waals surface area contributed by atoms with E-state index in [2.05, 4.69) is 5.32 Å². The van der Waals surface area contributed by atoms with Gasteiger partial charge >= 0.3 is 0 Å². The summed E-state index contributed by atoms with van der Waals surface area (Å²) in [7, 11) is 0. The molecule has 1 rings (SSSR count). The zero-order valence-electron chi connectivity index (χ0n) is 8.90. The van der Waals surface area contributed by atoms with Crippen LogP contribution < -0.4 is 5.32 Å². The number of carbonyl (C=O) groups excluding carboxylic acids is 1. The summed E-state index contributed by atoms with van der Waals surface area (Å²) >= 11 is 0. The standard InChI is InChI=1S/C12H12N2O2/c1-9(15)14-6-2-3-11-7-10(8-13)4-5-12(11)16/h2-5,7,16H,6H2,1H3,(H,14,15). The lowest BCUT2D eigenvalue weighted by atomic mass is 10.1. The number of hydrogen-bond donors (Lipinski definition) is 2. The van der Waals surface area contributed by atoms with Crippen molar-refractivity contribution < 1.29 is 9.90 Å². The van der Waals surface area contributed by atoms with Gasteiger partial charge in [0.05, 0.1) is 11.6 Å². The molecule has 0 aliphatic rings. The summed E-state index contributed by atoms with van der Waals surface area (Å²) in [5.74, 6) is -0.00211. The number of benzene rings is 1. The van der Waals surface area contributed by atoms with Crippen LogP contribution in [0.2, 0.25) is 0 Å². The van der Waals surface area contributed by atoms with Crippen molar-refractivity contribution in [2.45, 2.75) is 6.92 Å². The van der Waals surface area contributed by atoms with Gasteiger partial charge in [-0.05, 0) is 18.2 Å². The van der Waals surface area contributed by atoms with Gasteiger partial charge in [0.25, 0.3) is 0 Å². The van der Waals surface area contributed by atoms with Crippen LogP contribution in [0.3, 0.4) is 0 Å². The molecule has 0 aliphatic carbocycles. The Hall–Kier alpha value is -2.28. The second-order valence-corrected chi connectivity index (χ2v) is 3.22. The second-order valence-electron chi connectivity index (χ2n) is 3.22. The molecule has 1 amide bonds. The first-order chi connectivity index (χ1) is 7.63. The summed E-state index contributed by atoms with van der Waals surface area (Å²) in [5.41, 5.74) is 1.04. The average molecular weight is 216 g/mol. The van der Waals surface area contributed by atoms with E-state index in [1.54, 1.807) is 24.3 Å². The summed E-state index contributed by atoms with van der Waals surface area (Å²) in [6.45, 7) is 1.83. The molecular formula is C12H12N2O2. The maximum Gasteiger partial charge on any atom is 0.217 e. The maximum absolute atomic E-state index is 10.6. The van der Waals surface area contributed by atoms with Crippen LogP contribution in [-0.2, 0) is 4.79 Å². The van der Waals surface area contributed by atoms with E-state index in [9.17, 15) is 9.90 Å². The molecule has 0 unspecified atom stereocenters. The van der Waals surface area contributed by atoms with E-state index in [4.69, 9.17) is 5.26 Å². The lowest BCUT2D eigenvalue weighted by Gasteiger charge is -1.99. The highest BCUT2D eigenvalue weighted by atomic mass is 16.3. The Bertz CT molecular complexity index is 459. The van der Waals surface area contributed by atoms with Crippen LogP contribution in [0.4, 0.5) is 0 Å². The molecule has 0 aliphatic heterocycles. The van der Waals surface area contributed by atoms with E-state index in [0.717, 1.165) is 0 Å². The van der Waals surface area contributed by atoms with Crippen LogP contribution in [-0.4, -0.2) is 17.6 Å². The fourth-order valence-electron chi connectivity index (χ4n) is 1.15. The first-order valence-electron chi connectivity index (χ1n) is 4.77. The molecular weight excluding hydrogens is 204 g/mol. The number of carbonyl (C=O) groups is 1. The van der Waals surface area contributed by atoms with Crippen LogP contribution in [0.15, 0.2) is 24.3 Å². The molecule has 0 spiro atoms. The van der Waals surface area contributed by atoms with Gasteiger partial charge < -0.3 is 10.4 Å². The van der Waals surface area contributed by atoms with Gasteiger partial charge in [0.2, 0.25) is 5.91 Å². The van der Waals surface area contributed by atoms with Gasteiger partial charge in [-0.3, -0.25) is 4.79 Å². The van der Waals surface area contributed by atoms with Crippen molar-refractivity contribution in [1.82, 2.24) is 5.32 Å². The van der Waals surface area contributed by atoms with Gasteiger partial charge in [-0.15, -0.1) is 0 Å². The van der Waals surface area contributed by atoms with E-state index in [1.165, 1.54) is 13.0 Å². The Morgan fingerprint density at radius 2 is 2.38 bits per heavy atom. The first kappa shape index (κ1) is 11.8. The quantitative estimate of drug-likeness (QED) is 0.802. The Kier molecular flexibility index (Phi) is 4.10. The van der Waals surface area contributed by atoms with E-state index >= 15 is 0 Å². The van der Waals surface area contributed by atoms with E-state index < -0.39 is 0 Å². The smallest absolute Gasteiger partial charge is 0.217 e. The lowest BCUT2D eigenvalue weighted by molar-refractivity contribution is -0.118. The van der Waals surface area contributed by atoms with Crippen molar-refractivity contribution in [3.05, 3.63) is 35.4 Å². The Labute approximate surface area is 93.8 Å². The minimum absolute atomic E-state index is 0.109. The van der Waals surface area contributed by atoms with E-state index in [1.807, 2.05) is 6.07 Å². The zero-order valence-corrected chi connectivity index (χ0v) is 8.90. The lowest BCUT2D eigenvalue weighted by Crippen LogP contribution is -2.19. The molecule has 0 saturated heterocycles. The van der Waals surface area contributed by atoms with Gasteiger partial charge in [0.15, 0.2) is 0 Å². The van der Waals surface area contributed by atoms with E-state index in [0.29, 0.717) is 17.7 Å². The zero-order chi connectivity index (χ0) is 12.0. The predicted octanol–water partition coefficient (Wildman–Crippen LogP) is 1.41. The fourth-order valence-corrected chi connectivity index (χ4v) is 1.15. The number of nitrogens with one attached hydrogen (secondary N) is 1. The van der Waals surface area contributed by atoms with Crippen LogP contribution in [0, 0.1) is 11.3 Å². The van der Waals surface area contributed by atoms with E-state index in [-0.39, 0.29) is 11.7 Å². The number of rotatable bonds is 3. The van der Waals surface area contributed by atoms with Crippen LogP contribution in [0.25, 0.3) is 6.08 Å². The highest BCUT2D eigenvalue weighted by molar-refractivity contribution is 5.73. The first-order valence-corrected chi connectivity index (χ1v) is 4.77. The Morgan fingerprint density at radius 3 is 3.00 bits per heavy atom. The summed E-state index contributed by atoms with van der Waals surface area (Å²) in [4.78, 5) is 10.6. The minimum Gasteiger partial charge on any atom is -0.507 e. The molecule has 82 valence electrons. The normalized spacial score (nSPS) is 10.0. The number of hydrogen-bond acceptors (Lipinski definition) is 3. The van der Waals surface area contributed by atoms with Gasteiger partial charge in [-0.2, -0.15) is 5.26 Å². The number of aromatic hydroxyl groups is 1. The molecule has 4 heteroatoms. The largest absolute Gasteiger partial charge is 0.507 e. The SMILES string of the molecule is CC(=O)NCC=Cc1cc(C#N)ccc1O. The van der Waals surface area contributed by atoms with Crippen LogP contribution >= 0.6 is 0 Å². The molecule has 0 heterocycles. The third-order valence-electron chi connectivity index (χ3n) is 1.92. The number of nitrogens with zero attached hydrogens (tertiary/aromatic N) is 1. The van der Waals surface area contributed by atoms with Crippen molar-refractivity contribution in [1.29, 1.82) is 5.26 Å². The van der Waals surface area contributed by atoms with Crippen molar-refractivity contribution in [3.8, 4) is 11.8 Å². The molecule has 0 fully saturated rings. The number of phenols is 1. The highest BCUT2D eigenvalue weighted by Crippen LogP contribution is 2.19. The minimum atomic E-state index is -0.111. The molecule has 0 bridgehead atoms. The monoisotopic (exact) mass is 216 g/mol. The van der Waals surface area contributed by atoms with Gasteiger partial charge in [-0.25, -0.2) is 0 Å². The average Bonchev–Trinajstić information content (AvgIpc) is 2.26. The summed E-state index contributed by atoms with van der Waals surface area (Å²) < 4.78 is 0. The highest BCUT2D eigenvalue weighted by Gasteiger charge is 1.98. The topological polar surface area (TPSA) is 73.1 Å². The van der Waals surface area contributed by atoms with Gasteiger partial charge in [0.1, 0.15) is 5.75 Å². The molecule has 1 aromatic carbocycles. The summed E-state index contributed by atoms with van der Waals surface area (Å²) in [6.07, 6.45) is 3.36. The molecule has 0 atom stereocenters. The van der Waals surface area contributed by atoms with Crippen molar-refractivity contribution in [2.75, 3.05) is 6.54 Å². The summed E-state index contributed by atoms with van der Waals surface area (Å²) in [6, 6.07) is 6.58. The molecule has 0 radical (unpaired) electrons. The maximum atomic E-state index is 10.6. The van der Waals surface area contributed by atoms with Gasteiger partial charge in [0, 0.05) is 19.0 Å². The fraction of sp³-hybridized carbons (Fsp3) is 0.167. The second kappa shape index (κ2) is 5.56. The molecule has 0 aromatic heterocycles. The molecule has 4 nitrogen and oxygen atoms in total. The number of amides is 1. The van der Waals surface area contributed by atoms with Crippen molar-refractivity contribution >= 4 is 12.0 Å². The molecule has 2 N–H and O–H groups in total. The number of phenolic OH excluding ortho intramolecular Hbond substituents is 1. The van der Waals surface area contributed by atoms with Gasteiger partial charge in [-0.1, -0.05) is 12.2 Å². The third kappa shape index (κ3) is 3.46. The number of nitriles is 1. The third-order valence-corrected chi connectivity index (χ3v) is 1.92. The predicted molar refractivity (Wildman–Crippen MR) is 60.5 cm³/mol. The molecule has 16 heavy (non-hydrogen) atoms. The Balaban J connectivity index is 2.73. The van der Waals surface area contributed by atoms with Crippen molar-refractivity contribution in [3.63, 3.8) is 0 Å². The molecule has 0 saturated carbocycles. The van der Waals surface area contributed by atoms with Crippen LogP contribution in [0.5, 0.6) is 5.75 Å². The van der Waals surface area contributed by atoms with Crippen LogP contribution in [0.1, 0.15) is 18.1 Å². The Morgan fingerprint density at radius 1 is 1.62 bits per heavy atom.